The largest absolute Gasteiger partial charge is 0.462 e. The number of aliphatic hydroxyl groups is 2. The lowest BCUT2D eigenvalue weighted by atomic mass is 10.0. The minimum absolute atomic E-state index is 0.0475. The summed E-state index contributed by atoms with van der Waals surface area (Å²) in [6.07, 6.45) is 72.5. The molecular weight excluding hydrogens is 851 g/mol. The van der Waals surface area contributed by atoms with Crippen LogP contribution in [0.1, 0.15) is 290 Å². The first-order valence-electron chi connectivity index (χ1n) is 29.7. The van der Waals surface area contributed by atoms with Gasteiger partial charge in [-0.25, -0.2) is 0 Å². The summed E-state index contributed by atoms with van der Waals surface area (Å²) >= 11 is 0. The molecule has 0 heterocycles. The molecule has 0 aliphatic heterocycles. The lowest BCUT2D eigenvalue weighted by Gasteiger charge is -2.24. The molecule has 0 spiro atoms. The molecule has 3 atom stereocenters. The van der Waals surface area contributed by atoms with Gasteiger partial charge in [0.15, 0.2) is 0 Å². The highest BCUT2D eigenvalue weighted by atomic mass is 16.5. The van der Waals surface area contributed by atoms with Gasteiger partial charge in [0.05, 0.1) is 25.2 Å². The number of aliphatic hydroxyl groups excluding tert-OH is 2. The lowest BCUT2D eigenvalue weighted by molar-refractivity contribution is -0.151. The number of carbonyl (C=O) groups excluding carboxylic acids is 2. The fraction of sp³-hybridized carbons (Fsp3) is 0.778. The van der Waals surface area contributed by atoms with Crippen molar-refractivity contribution in [2.45, 2.75) is 309 Å². The summed E-state index contributed by atoms with van der Waals surface area (Å²) in [4.78, 5) is 26.3. The Balaban J connectivity index is 4.62. The van der Waals surface area contributed by atoms with E-state index in [0.717, 1.165) is 70.6 Å². The van der Waals surface area contributed by atoms with E-state index in [1.807, 2.05) is 30.4 Å². The Morgan fingerprint density at radius 2 is 0.783 bits per heavy atom. The Morgan fingerprint density at radius 3 is 1.23 bits per heavy atom. The highest BCUT2D eigenvalue weighted by molar-refractivity contribution is 5.77. The maximum atomic E-state index is 13.3. The second kappa shape index (κ2) is 56.2. The minimum atomic E-state index is -0.803. The zero-order valence-corrected chi connectivity index (χ0v) is 45.7. The zero-order valence-electron chi connectivity index (χ0n) is 45.7. The third kappa shape index (κ3) is 51.5. The first kappa shape index (κ1) is 66.3. The Hall–Kier alpha value is -2.70. The molecular formula is C63H113NO5. The number of unbranched alkanes of at least 4 members (excludes halogenated alkanes) is 33. The van der Waals surface area contributed by atoms with Gasteiger partial charge in [-0.2, -0.15) is 0 Å². The van der Waals surface area contributed by atoms with Crippen molar-refractivity contribution in [3.63, 3.8) is 0 Å². The SMILES string of the molecule is CCC/C=C/C=C/C=C/C=C/C=C/CCCCCC(CC(=O)NC(CO)C(O)CCCCCCCCCCCCCCCCC)OC(=O)CCCCCCCCCCC/C=C/CCCCCCCC. The maximum absolute atomic E-state index is 13.3. The number of carbonyl (C=O) groups is 2. The van der Waals surface area contributed by atoms with Gasteiger partial charge in [-0.3, -0.25) is 9.59 Å². The first-order valence-corrected chi connectivity index (χ1v) is 29.7. The lowest BCUT2D eigenvalue weighted by Crippen LogP contribution is -2.46. The van der Waals surface area contributed by atoms with Gasteiger partial charge < -0.3 is 20.3 Å². The van der Waals surface area contributed by atoms with Crippen molar-refractivity contribution in [3.05, 3.63) is 72.9 Å². The summed E-state index contributed by atoms with van der Waals surface area (Å²) in [6, 6.07) is -0.720. The monoisotopic (exact) mass is 964 g/mol. The van der Waals surface area contributed by atoms with E-state index in [1.165, 1.54) is 173 Å². The highest BCUT2D eigenvalue weighted by Crippen LogP contribution is 2.18. The molecule has 6 heteroatoms. The van der Waals surface area contributed by atoms with Gasteiger partial charge in [0.25, 0.3) is 0 Å². The summed E-state index contributed by atoms with van der Waals surface area (Å²) in [6.45, 7) is 6.41. The number of allylic oxidation sites excluding steroid dienone is 12. The van der Waals surface area contributed by atoms with Crippen LogP contribution in [0, 0.1) is 0 Å². The third-order valence-corrected chi connectivity index (χ3v) is 13.4. The van der Waals surface area contributed by atoms with Crippen molar-refractivity contribution >= 4 is 11.9 Å². The van der Waals surface area contributed by atoms with Crippen LogP contribution in [0.5, 0.6) is 0 Å². The fourth-order valence-corrected chi connectivity index (χ4v) is 8.87. The van der Waals surface area contributed by atoms with Gasteiger partial charge in [-0.1, -0.05) is 280 Å². The van der Waals surface area contributed by atoms with Crippen LogP contribution in [0.15, 0.2) is 72.9 Å². The van der Waals surface area contributed by atoms with Gasteiger partial charge in [0.2, 0.25) is 5.91 Å². The van der Waals surface area contributed by atoms with Crippen molar-refractivity contribution < 1.29 is 24.5 Å². The van der Waals surface area contributed by atoms with Gasteiger partial charge in [0, 0.05) is 6.42 Å². The van der Waals surface area contributed by atoms with Crippen LogP contribution in [0.2, 0.25) is 0 Å². The normalized spacial score (nSPS) is 13.6. The Bertz CT molecular complexity index is 1270. The number of rotatable bonds is 53. The molecule has 0 aromatic rings. The number of nitrogens with one attached hydrogen (secondary N) is 1. The fourth-order valence-electron chi connectivity index (χ4n) is 8.87. The first-order chi connectivity index (χ1) is 34.0. The van der Waals surface area contributed by atoms with Crippen molar-refractivity contribution in [1.82, 2.24) is 5.32 Å². The molecule has 0 rings (SSSR count). The van der Waals surface area contributed by atoms with Gasteiger partial charge in [0.1, 0.15) is 6.10 Å². The van der Waals surface area contributed by atoms with Crippen molar-refractivity contribution in [2.75, 3.05) is 6.61 Å². The second-order valence-electron chi connectivity index (χ2n) is 20.2. The molecule has 6 nitrogen and oxygen atoms in total. The summed E-state index contributed by atoms with van der Waals surface area (Å²) in [5.74, 6) is -0.512. The number of esters is 1. The highest BCUT2D eigenvalue weighted by Gasteiger charge is 2.24. The summed E-state index contributed by atoms with van der Waals surface area (Å²) in [7, 11) is 0. The van der Waals surface area contributed by atoms with E-state index in [2.05, 4.69) is 68.6 Å². The van der Waals surface area contributed by atoms with Crippen molar-refractivity contribution in [2.24, 2.45) is 0 Å². The molecule has 0 aromatic heterocycles. The van der Waals surface area contributed by atoms with Crippen LogP contribution in [0.3, 0.4) is 0 Å². The van der Waals surface area contributed by atoms with Crippen molar-refractivity contribution in [1.29, 1.82) is 0 Å². The molecule has 3 N–H and O–H groups in total. The quantitative estimate of drug-likeness (QED) is 0.0244. The van der Waals surface area contributed by atoms with Gasteiger partial charge >= 0.3 is 5.97 Å². The van der Waals surface area contributed by atoms with Crippen molar-refractivity contribution in [3.8, 4) is 0 Å². The van der Waals surface area contributed by atoms with E-state index in [-0.39, 0.29) is 24.9 Å². The van der Waals surface area contributed by atoms with Crippen LogP contribution in [0.4, 0.5) is 0 Å². The Morgan fingerprint density at radius 1 is 0.420 bits per heavy atom. The molecule has 0 saturated heterocycles. The van der Waals surface area contributed by atoms with Gasteiger partial charge in [-0.15, -0.1) is 0 Å². The van der Waals surface area contributed by atoms with E-state index < -0.39 is 18.2 Å². The smallest absolute Gasteiger partial charge is 0.306 e. The van der Waals surface area contributed by atoms with E-state index >= 15 is 0 Å². The number of ether oxygens (including phenoxy) is 1. The third-order valence-electron chi connectivity index (χ3n) is 13.4. The molecule has 1 amide bonds. The average molecular weight is 965 g/mol. The second-order valence-corrected chi connectivity index (χ2v) is 20.2. The zero-order chi connectivity index (χ0) is 50.2. The molecule has 0 radical (unpaired) electrons. The topological polar surface area (TPSA) is 95.9 Å². The Kier molecular flexibility index (Phi) is 54.0. The molecule has 400 valence electrons. The predicted molar refractivity (Wildman–Crippen MR) is 301 cm³/mol. The molecule has 69 heavy (non-hydrogen) atoms. The number of amides is 1. The van der Waals surface area contributed by atoms with E-state index in [9.17, 15) is 19.8 Å². The Labute approximate surface area is 428 Å². The van der Waals surface area contributed by atoms with Gasteiger partial charge in [-0.05, 0) is 70.6 Å². The van der Waals surface area contributed by atoms with Crippen LogP contribution >= 0.6 is 0 Å². The predicted octanol–water partition coefficient (Wildman–Crippen LogP) is 18.5. The molecule has 0 aromatic carbocycles. The number of hydrogen-bond donors (Lipinski definition) is 3. The molecule has 0 fully saturated rings. The van der Waals surface area contributed by atoms with Crippen LogP contribution < -0.4 is 5.32 Å². The summed E-state index contributed by atoms with van der Waals surface area (Å²) < 4.78 is 5.95. The van der Waals surface area contributed by atoms with Crippen LogP contribution in [-0.2, 0) is 14.3 Å². The standard InChI is InChI=1S/C63H113NO5/c1-4-7-10-13-16-19-22-25-28-30-31-32-35-38-41-44-47-50-53-56-63(68)69-59(54-51-48-45-42-39-36-34-29-26-23-20-17-14-11-8-5-2)57-62(67)64-60(58-65)61(66)55-52-49-46-43-40-37-33-27-24-21-18-15-12-9-6-3/h11,14,17,20,23,25-26,28-29,34,36,39,59-61,65-66H,4-10,12-13,15-16,18-19,21-22,24,27,30-33,35,37-38,40-58H2,1-3H3,(H,64,67)/b14-11+,20-17+,26-23+,28-25+,34-29+,39-36+. The average Bonchev–Trinajstić information content (AvgIpc) is 3.34. The number of hydrogen-bond acceptors (Lipinski definition) is 5. The van der Waals surface area contributed by atoms with Crippen LogP contribution in [-0.4, -0.2) is 46.9 Å². The molecule has 0 saturated carbocycles. The van der Waals surface area contributed by atoms with E-state index in [4.69, 9.17) is 4.74 Å². The molecule has 0 aliphatic carbocycles. The molecule has 0 bridgehead atoms. The van der Waals surface area contributed by atoms with E-state index in [0.29, 0.717) is 19.3 Å². The maximum Gasteiger partial charge on any atom is 0.306 e. The molecule has 0 aliphatic rings. The minimum Gasteiger partial charge on any atom is -0.462 e. The molecule has 3 unspecified atom stereocenters. The van der Waals surface area contributed by atoms with Crippen LogP contribution in [0.25, 0.3) is 0 Å². The van der Waals surface area contributed by atoms with E-state index in [1.54, 1.807) is 0 Å². The summed E-state index contributed by atoms with van der Waals surface area (Å²) in [5, 5.41) is 23.9. The summed E-state index contributed by atoms with van der Waals surface area (Å²) in [5.41, 5.74) is 0.